The van der Waals surface area contributed by atoms with Crippen molar-refractivity contribution in [1.82, 2.24) is 4.90 Å². The summed E-state index contributed by atoms with van der Waals surface area (Å²) in [7, 11) is 0. The Balaban J connectivity index is 1.50. The summed E-state index contributed by atoms with van der Waals surface area (Å²) in [5.41, 5.74) is 0.984. The molecule has 96 valence electrons. The van der Waals surface area contributed by atoms with Crippen LogP contribution in [0.25, 0.3) is 0 Å². The molecule has 3 rings (SSSR count). The van der Waals surface area contributed by atoms with Crippen LogP contribution in [0.3, 0.4) is 0 Å². The van der Waals surface area contributed by atoms with Crippen molar-refractivity contribution in [2.45, 2.75) is 18.8 Å². The van der Waals surface area contributed by atoms with E-state index in [1.165, 1.54) is 0 Å². The minimum atomic E-state index is -0.305. The highest BCUT2D eigenvalue weighted by Gasteiger charge is 2.41. The molecule has 0 spiro atoms. The van der Waals surface area contributed by atoms with Crippen molar-refractivity contribution in [3.8, 4) is 0 Å². The number of hydrogen-bond donors (Lipinski definition) is 0. The van der Waals surface area contributed by atoms with Crippen LogP contribution in [-0.4, -0.2) is 43.1 Å². The van der Waals surface area contributed by atoms with Crippen LogP contribution in [0.2, 0.25) is 0 Å². The molecule has 2 aliphatic heterocycles. The molecule has 2 heterocycles. The van der Waals surface area contributed by atoms with Crippen molar-refractivity contribution < 1.29 is 19.0 Å². The van der Waals surface area contributed by atoms with Crippen LogP contribution >= 0.6 is 0 Å². The average Bonchev–Trinajstić information content (AvgIpc) is 2.98. The van der Waals surface area contributed by atoms with Gasteiger partial charge >= 0.3 is 6.09 Å². The lowest BCUT2D eigenvalue weighted by Gasteiger charge is -2.16. The first kappa shape index (κ1) is 11.5. The number of ether oxygens (including phenoxy) is 3. The van der Waals surface area contributed by atoms with Gasteiger partial charge in [-0.3, -0.25) is 0 Å². The SMILES string of the molecule is O=C(OCc1ccccc1)N1C[C@@H]2OCO[C@@H]2C1. The van der Waals surface area contributed by atoms with E-state index in [0.717, 1.165) is 5.56 Å². The van der Waals surface area contributed by atoms with E-state index < -0.39 is 0 Å². The normalized spacial score (nSPS) is 26.1. The van der Waals surface area contributed by atoms with Crippen LogP contribution < -0.4 is 0 Å². The number of benzene rings is 1. The number of fused-ring (bicyclic) bond motifs is 1. The highest BCUT2D eigenvalue weighted by molar-refractivity contribution is 5.68. The molecule has 2 fully saturated rings. The van der Waals surface area contributed by atoms with E-state index in [1.54, 1.807) is 4.90 Å². The Bertz CT molecular complexity index is 410. The van der Waals surface area contributed by atoms with Crippen molar-refractivity contribution in [2.75, 3.05) is 19.9 Å². The molecule has 0 saturated carbocycles. The first-order valence-electron chi connectivity index (χ1n) is 6.02. The molecule has 1 aromatic rings. The number of carbonyl (C=O) groups excluding carboxylic acids is 1. The second-order valence-electron chi connectivity index (χ2n) is 4.47. The fourth-order valence-electron chi connectivity index (χ4n) is 2.24. The van der Waals surface area contributed by atoms with Crippen LogP contribution in [0, 0.1) is 0 Å². The van der Waals surface area contributed by atoms with Crippen LogP contribution in [0.4, 0.5) is 4.79 Å². The van der Waals surface area contributed by atoms with Crippen molar-refractivity contribution in [3.63, 3.8) is 0 Å². The number of hydrogen-bond acceptors (Lipinski definition) is 4. The zero-order valence-electron chi connectivity index (χ0n) is 9.95. The van der Waals surface area contributed by atoms with Gasteiger partial charge in [-0.15, -0.1) is 0 Å². The molecule has 5 nitrogen and oxygen atoms in total. The van der Waals surface area contributed by atoms with Crippen molar-refractivity contribution in [1.29, 1.82) is 0 Å². The average molecular weight is 249 g/mol. The monoisotopic (exact) mass is 249 g/mol. The zero-order valence-corrected chi connectivity index (χ0v) is 9.95. The van der Waals surface area contributed by atoms with E-state index in [4.69, 9.17) is 14.2 Å². The fourth-order valence-corrected chi connectivity index (χ4v) is 2.24. The number of amides is 1. The van der Waals surface area contributed by atoms with Crippen molar-refractivity contribution in [3.05, 3.63) is 35.9 Å². The van der Waals surface area contributed by atoms with E-state index >= 15 is 0 Å². The van der Waals surface area contributed by atoms with E-state index in [-0.39, 0.29) is 18.3 Å². The van der Waals surface area contributed by atoms with Crippen molar-refractivity contribution >= 4 is 6.09 Å². The lowest BCUT2D eigenvalue weighted by molar-refractivity contribution is 0.0127. The third kappa shape index (κ3) is 2.32. The second kappa shape index (κ2) is 4.96. The Morgan fingerprint density at radius 3 is 2.56 bits per heavy atom. The van der Waals surface area contributed by atoms with Crippen molar-refractivity contribution in [2.24, 2.45) is 0 Å². The highest BCUT2D eigenvalue weighted by atomic mass is 16.7. The summed E-state index contributed by atoms with van der Waals surface area (Å²) in [5.74, 6) is 0. The van der Waals surface area contributed by atoms with E-state index in [1.807, 2.05) is 30.3 Å². The van der Waals surface area contributed by atoms with Gasteiger partial charge in [0.2, 0.25) is 0 Å². The zero-order chi connectivity index (χ0) is 12.4. The van der Waals surface area contributed by atoms with E-state index in [2.05, 4.69) is 0 Å². The number of likely N-dealkylation sites (tertiary alicyclic amines) is 1. The van der Waals surface area contributed by atoms with Crippen LogP contribution in [0.1, 0.15) is 5.56 Å². The Kier molecular flexibility index (Phi) is 3.17. The van der Waals surface area contributed by atoms with Crippen LogP contribution in [0.5, 0.6) is 0 Å². The van der Waals surface area contributed by atoms with Gasteiger partial charge in [0.1, 0.15) is 25.6 Å². The summed E-state index contributed by atoms with van der Waals surface area (Å²) in [6.45, 7) is 1.74. The molecular formula is C13H15NO4. The standard InChI is InChI=1S/C13H15NO4/c15-13(16-8-10-4-2-1-3-5-10)14-6-11-12(7-14)18-9-17-11/h1-5,11-12H,6-9H2/t11-,12+. The van der Waals surface area contributed by atoms with E-state index in [9.17, 15) is 4.79 Å². The molecule has 0 radical (unpaired) electrons. The summed E-state index contributed by atoms with van der Waals surface area (Å²) >= 11 is 0. The van der Waals surface area contributed by atoms with Gasteiger partial charge in [-0.2, -0.15) is 0 Å². The highest BCUT2D eigenvalue weighted by Crippen LogP contribution is 2.22. The van der Waals surface area contributed by atoms with Gasteiger partial charge in [0.15, 0.2) is 0 Å². The Morgan fingerprint density at radius 2 is 1.89 bits per heavy atom. The predicted octanol–water partition coefficient (Wildman–Crippen LogP) is 1.38. The van der Waals surface area contributed by atoms with Crippen LogP contribution in [0.15, 0.2) is 30.3 Å². The molecule has 18 heavy (non-hydrogen) atoms. The molecule has 1 amide bonds. The summed E-state index contributed by atoms with van der Waals surface area (Å²) < 4.78 is 15.9. The first-order chi connectivity index (χ1) is 8.83. The minimum Gasteiger partial charge on any atom is -0.445 e. The molecule has 2 atom stereocenters. The Labute approximate surface area is 105 Å². The largest absolute Gasteiger partial charge is 0.445 e. The molecule has 5 heteroatoms. The summed E-state index contributed by atoms with van der Waals surface area (Å²) in [6, 6.07) is 9.63. The second-order valence-corrected chi connectivity index (χ2v) is 4.47. The third-order valence-corrected chi connectivity index (χ3v) is 3.24. The van der Waals surface area contributed by atoms with Gasteiger partial charge in [0.25, 0.3) is 0 Å². The van der Waals surface area contributed by atoms with Gasteiger partial charge in [0, 0.05) is 0 Å². The Morgan fingerprint density at radius 1 is 1.22 bits per heavy atom. The van der Waals surface area contributed by atoms with E-state index in [0.29, 0.717) is 26.5 Å². The first-order valence-corrected chi connectivity index (χ1v) is 6.02. The third-order valence-electron chi connectivity index (χ3n) is 3.24. The lowest BCUT2D eigenvalue weighted by Crippen LogP contribution is -2.31. The minimum absolute atomic E-state index is 0.00859. The maximum absolute atomic E-state index is 11.8. The van der Waals surface area contributed by atoms with Gasteiger partial charge in [-0.05, 0) is 5.56 Å². The molecule has 0 aromatic heterocycles. The number of rotatable bonds is 2. The van der Waals surface area contributed by atoms with Crippen LogP contribution in [-0.2, 0) is 20.8 Å². The smallest absolute Gasteiger partial charge is 0.410 e. The molecule has 2 saturated heterocycles. The molecule has 2 aliphatic rings. The molecule has 0 unspecified atom stereocenters. The fraction of sp³-hybridized carbons (Fsp3) is 0.462. The molecular weight excluding hydrogens is 234 g/mol. The molecule has 0 N–H and O–H groups in total. The number of nitrogens with zero attached hydrogens (tertiary/aromatic N) is 1. The lowest BCUT2D eigenvalue weighted by atomic mass is 10.2. The summed E-state index contributed by atoms with van der Waals surface area (Å²) in [5, 5.41) is 0. The number of carbonyl (C=O) groups is 1. The van der Waals surface area contributed by atoms with Gasteiger partial charge in [0.05, 0.1) is 13.1 Å². The Hall–Kier alpha value is -1.59. The predicted molar refractivity (Wildman–Crippen MR) is 62.8 cm³/mol. The molecule has 0 aliphatic carbocycles. The summed E-state index contributed by atoms with van der Waals surface area (Å²) in [6.07, 6.45) is -0.288. The van der Waals surface area contributed by atoms with Gasteiger partial charge < -0.3 is 19.1 Å². The molecule has 1 aromatic carbocycles. The van der Waals surface area contributed by atoms with Gasteiger partial charge in [-0.25, -0.2) is 4.79 Å². The topological polar surface area (TPSA) is 48.0 Å². The van der Waals surface area contributed by atoms with Gasteiger partial charge in [-0.1, -0.05) is 30.3 Å². The summed E-state index contributed by atoms with van der Waals surface area (Å²) in [4.78, 5) is 13.5. The maximum Gasteiger partial charge on any atom is 0.410 e. The molecule has 0 bridgehead atoms. The quantitative estimate of drug-likeness (QED) is 0.794. The maximum atomic E-state index is 11.8.